The van der Waals surface area contributed by atoms with Crippen LogP contribution in [0.2, 0.25) is 10.0 Å². The van der Waals surface area contributed by atoms with Crippen molar-refractivity contribution in [2.45, 2.75) is 24.0 Å². The lowest BCUT2D eigenvalue weighted by atomic mass is 9.63. The molecule has 2 aromatic heterocycles. The topological polar surface area (TPSA) is 77.7 Å². The average molecular weight is 385 g/mol. The molecule has 1 fully saturated rings. The van der Waals surface area contributed by atoms with E-state index in [1.165, 1.54) is 0 Å². The number of H-pyrrole nitrogens is 2. The molecule has 4 nitrogen and oxygen atoms in total. The molecule has 0 spiro atoms. The summed E-state index contributed by atoms with van der Waals surface area (Å²) >= 11 is 12.6. The van der Waals surface area contributed by atoms with Crippen LogP contribution >= 0.6 is 23.2 Å². The lowest BCUT2D eigenvalue weighted by Crippen LogP contribution is -2.63. The quantitative estimate of drug-likeness (QED) is 0.556. The Bertz CT molecular complexity index is 1040. The molecule has 1 aliphatic rings. The van der Waals surface area contributed by atoms with Crippen LogP contribution < -0.4 is 10.2 Å². The zero-order valence-corrected chi connectivity index (χ0v) is 15.0. The summed E-state index contributed by atoms with van der Waals surface area (Å²) in [5.41, 5.74) is 3.11. The molecule has 1 aliphatic carbocycles. The van der Waals surface area contributed by atoms with Crippen LogP contribution in [-0.2, 0) is 0 Å². The minimum Gasteiger partial charge on any atom is -0.851 e. The minimum absolute atomic E-state index is 0.553. The fourth-order valence-corrected chi connectivity index (χ4v) is 4.81. The average Bonchev–Trinajstić information content (AvgIpc) is 3.22. The van der Waals surface area contributed by atoms with Crippen molar-refractivity contribution in [1.82, 2.24) is 9.97 Å². The molecule has 5 rings (SSSR count). The molecule has 4 aromatic rings. The first kappa shape index (κ1) is 16.2. The highest BCUT2D eigenvalue weighted by Gasteiger charge is 2.40. The number of hydrogen-bond donors (Lipinski definition) is 2. The number of hydrogen-bond acceptors (Lipinski definition) is 2. The van der Waals surface area contributed by atoms with Crippen LogP contribution in [-0.4, -0.2) is 22.2 Å². The van der Waals surface area contributed by atoms with Gasteiger partial charge in [0, 0.05) is 34.2 Å². The maximum Gasteiger partial charge on any atom is 0.0502 e. The number of halogens is 2. The van der Waals surface area contributed by atoms with Crippen LogP contribution in [0.5, 0.6) is 0 Å². The Morgan fingerprint density at radius 2 is 1.12 bits per heavy atom. The van der Waals surface area contributed by atoms with Gasteiger partial charge in [0.1, 0.15) is 0 Å². The summed E-state index contributed by atoms with van der Waals surface area (Å²) < 4.78 is 0. The van der Waals surface area contributed by atoms with Crippen molar-refractivity contribution in [3.63, 3.8) is 0 Å². The second-order valence-corrected chi connectivity index (χ2v) is 7.61. The van der Waals surface area contributed by atoms with Crippen molar-refractivity contribution >= 4 is 45.0 Å². The molecule has 0 amide bonds. The molecule has 0 radical (unpaired) electrons. The summed E-state index contributed by atoms with van der Waals surface area (Å²) in [5, 5.41) is 28.8. The molecule has 2 heterocycles. The Morgan fingerprint density at radius 1 is 0.692 bits per heavy atom. The Kier molecular flexibility index (Phi) is 3.59. The van der Waals surface area contributed by atoms with Crippen LogP contribution in [0.25, 0.3) is 21.8 Å². The van der Waals surface area contributed by atoms with Gasteiger partial charge in [-0.1, -0.05) is 35.3 Å². The van der Waals surface area contributed by atoms with E-state index in [1.807, 2.05) is 24.3 Å². The summed E-state index contributed by atoms with van der Waals surface area (Å²) in [6.45, 7) is 0. The van der Waals surface area contributed by atoms with Gasteiger partial charge < -0.3 is 20.2 Å². The third-order valence-electron chi connectivity index (χ3n) is 5.50. The normalized spacial score (nSPS) is 25.7. The second kappa shape index (κ2) is 5.76. The maximum absolute atomic E-state index is 13.0. The van der Waals surface area contributed by atoms with Crippen molar-refractivity contribution in [3.05, 3.63) is 70.0 Å². The van der Waals surface area contributed by atoms with Crippen LogP contribution in [0.3, 0.4) is 0 Å². The summed E-state index contributed by atoms with van der Waals surface area (Å²) in [4.78, 5) is 6.24. The predicted molar refractivity (Wildman–Crippen MR) is 99.7 cm³/mol. The van der Waals surface area contributed by atoms with Gasteiger partial charge in [-0.05, 0) is 47.2 Å². The highest BCUT2D eigenvalue weighted by molar-refractivity contribution is 6.36. The van der Waals surface area contributed by atoms with E-state index in [0.717, 1.165) is 21.8 Å². The summed E-state index contributed by atoms with van der Waals surface area (Å²) in [7, 11) is 0. The monoisotopic (exact) mass is 384 g/mol. The van der Waals surface area contributed by atoms with E-state index in [9.17, 15) is 10.2 Å². The minimum atomic E-state index is -1.04. The number of rotatable bonds is 2. The second-order valence-electron chi connectivity index (χ2n) is 6.79. The molecule has 2 aromatic carbocycles. The van der Waals surface area contributed by atoms with Gasteiger partial charge in [0.15, 0.2) is 0 Å². The van der Waals surface area contributed by atoms with Gasteiger partial charge in [-0.25, -0.2) is 0 Å². The smallest absolute Gasteiger partial charge is 0.0502 e. The van der Waals surface area contributed by atoms with Crippen molar-refractivity contribution in [2.75, 3.05) is 0 Å². The van der Waals surface area contributed by atoms with E-state index >= 15 is 0 Å². The Balaban J connectivity index is 1.57. The molecule has 26 heavy (non-hydrogen) atoms. The lowest BCUT2D eigenvalue weighted by Gasteiger charge is -2.61. The third-order valence-corrected chi connectivity index (χ3v) is 6.13. The first-order valence-corrected chi connectivity index (χ1v) is 9.16. The molecule has 0 aliphatic heterocycles. The van der Waals surface area contributed by atoms with Gasteiger partial charge >= 0.3 is 0 Å². The number of benzene rings is 2. The zero-order valence-electron chi connectivity index (χ0n) is 13.5. The van der Waals surface area contributed by atoms with Crippen molar-refractivity contribution in [1.29, 1.82) is 0 Å². The standard InChI is InChI=1S/C20H14Cl2N2O2/c21-11-3-1-5-13-15(11)9(7-23-13)17-19(25)18(20(17)26)10-8-24-14-6-2-4-12(22)16(10)14/h1-8,17-20,23-24H/q-2. The third kappa shape index (κ3) is 2.10. The highest BCUT2D eigenvalue weighted by Crippen LogP contribution is 2.50. The van der Waals surface area contributed by atoms with E-state index in [0.29, 0.717) is 21.2 Å². The predicted octanol–water partition coefficient (Wildman–Crippen LogP) is 3.29. The Labute approximate surface area is 159 Å². The Morgan fingerprint density at radius 3 is 1.54 bits per heavy atom. The van der Waals surface area contributed by atoms with Crippen molar-refractivity contribution in [2.24, 2.45) is 0 Å². The first-order valence-electron chi connectivity index (χ1n) is 8.40. The van der Waals surface area contributed by atoms with E-state index < -0.39 is 24.0 Å². The highest BCUT2D eigenvalue weighted by atomic mass is 35.5. The molecule has 6 heteroatoms. The molecular weight excluding hydrogens is 371 g/mol. The van der Waals surface area contributed by atoms with Gasteiger partial charge in [-0.2, -0.15) is 0 Å². The first-order chi connectivity index (χ1) is 12.6. The molecule has 0 atom stereocenters. The molecule has 2 N–H and O–H groups in total. The summed E-state index contributed by atoms with van der Waals surface area (Å²) in [6.07, 6.45) is 1.41. The molecule has 0 unspecified atom stereocenters. The number of nitrogens with one attached hydrogen (secondary N) is 2. The Hall–Kier alpha value is -1.98. The summed E-state index contributed by atoms with van der Waals surface area (Å²) in [6, 6.07) is 11.0. The lowest BCUT2D eigenvalue weighted by molar-refractivity contribution is -0.535. The van der Waals surface area contributed by atoms with E-state index in [2.05, 4.69) is 9.97 Å². The summed E-state index contributed by atoms with van der Waals surface area (Å²) in [5.74, 6) is -1.25. The van der Waals surface area contributed by atoms with Crippen LogP contribution in [0.4, 0.5) is 0 Å². The molecule has 1 saturated carbocycles. The molecular formula is C20H14Cl2N2O2-2. The van der Waals surface area contributed by atoms with Crippen molar-refractivity contribution < 1.29 is 10.2 Å². The van der Waals surface area contributed by atoms with E-state index in [4.69, 9.17) is 23.2 Å². The van der Waals surface area contributed by atoms with Crippen LogP contribution in [0, 0.1) is 0 Å². The largest absolute Gasteiger partial charge is 0.851 e. The SMILES string of the molecule is [O-]C1C(c2c[nH]c3cccc(Cl)c23)C([O-])C1c1c[nH]c2cccc(Cl)c12. The van der Waals surface area contributed by atoms with E-state index in [1.54, 1.807) is 24.5 Å². The number of aromatic nitrogens is 2. The molecule has 0 saturated heterocycles. The molecule has 132 valence electrons. The van der Waals surface area contributed by atoms with Crippen LogP contribution in [0.15, 0.2) is 48.8 Å². The fourth-order valence-electron chi connectivity index (χ4n) is 4.24. The fraction of sp³-hybridized carbons (Fsp3) is 0.200. The van der Waals surface area contributed by atoms with Gasteiger partial charge in [-0.15, -0.1) is 12.2 Å². The maximum atomic E-state index is 13.0. The van der Waals surface area contributed by atoms with Crippen molar-refractivity contribution in [3.8, 4) is 0 Å². The van der Waals surface area contributed by atoms with E-state index in [-0.39, 0.29) is 0 Å². The van der Waals surface area contributed by atoms with Gasteiger partial charge in [0.2, 0.25) is 0 Å². The van der Waals surface area contributed by atoms with Crippen LogP contribution in [0.1, 0.15) is 23.0 Å². The number of fused-ring (bicyclic) bond motifs is 2. The molecule has 0 bridgehead atoms. The van der Waals surface area contributed by atoms with Gasteiger partial charge in [0.05, 0.1) is 10.0 Å². The van der Waals surface area contributed by atoms with Gasteiger partial charge in [0.25, 0.3) is 0 Å². The van der Waals surface area contributed by atoms with Gasteiger partial charge in [-0.3, -0.25) is 0 Å². The zero-order chi connectivity index (χ0) is 18.0. The number of aromatic amines is 2.